The van der Waals surface area contributed by atoms with Crippen molar-refractivity contribution in [3.8, 4) is 0 Å². The van der Waals surface area contributed by atoms with E-state index in [0.29, 0.717) is 16.4 Å². The van der Waals surface area contributed by atoms with Crippen molar-refractivity contribution in [1.82, 2.24) is 10.3 Å². The lowest BCUT2D eigenvalue weighted by atomic mass is 10.0. The van der Waals surface area contributed by atoms with Crippen LogP contribution >= 0.6 is 11.6 Å². The molecule has 1 amide bonds. The molecule has 1 unspecified atom stereocenters. The van der Waals surface area contributed by atoms with Crippen LogP contribution in [-0.4, -0.2) is 10.9 Å². The maximum Gasteiger partial charge on any atom is 0.270 e. The Balaban J connectivity index is 2.14. The molecule has 0 radical (unpaired) electrons. The molecule has 0 aliphatic rings. The number of carbonyl (C=O) groups excluding carboxylic acids is 1. The monoisotopic (exact) mass is 289 g/mol. The molecule has 3 N–H and O–H groups in total. The fourth-order valence-electron chi connectivity index (χ4n) is 1.92. The Kier molecular flexibility index (Phi) is 4.58. The van der Waals surface area contributed by atoms with Crippen LogP contribution in [0.5, 0.6) is 0 Å². The molecule has 0 aliphatic carbocycles. The number of nitrogens with one attached hydrogen (secondary N) is 1. The van der Waals surface area contributed by atoms with E-state index < -0.39 is 0 Å². The van der Waals surface area contributed by atoms with Crippen molar-refractivity contribution in [2.75, 3.05) is 5.73 Å². The first-order valence-corrected chi connectivity index (χ1v) is 6.75. The predicted octanol–water partition coefficient (Wildman–Crippen LogP) is 3.20. The zero-order valence-corrected chi connectivity index (χ0v) is 11.9. The van der Waals surface area contributed by atoms with Crippen molar-refractivity contribution in [3.05, 3.63) is 58.9 Å². The van der Waals surface area contributed by atoms with Crippen molar-refractivity contribution in [1.29, 1.82) is 0 Å². The van der Waals surface area contributed by atoms with E-state index in [9.17, 15) is 4.79 Å². The van der Waals surface area contributed by atoms with Crippen LogP contribution in [0.25, 0.3) is 0 Å². The number of amides is 1. The second-order valence-corrected chi connectivity index (χ2v) is 4.90. The van der Waals surface area contributed by atoms with Crippen LogP contribution in [0.1, 0.15) is 35.4 Å². The van der Waals surface area contributed by atoms with E-state index in [1.165, 1.54) is 6.20 Å². The summed E-state index contributed by atoms with van der Waals surface area (Å²) in [4.78, 5) is 16.1. The minimum atomic E-state index is -0.225. The van der Waals surface area contributed by atoms with Crippen LogP contribution in [0, 0.1) is 0 Å². The molecule has 1 aromatic heterocycles. The number of anilines is 1. The lowest BCUT2D eigenvalue weighted by molar-refractivity contribution is 0.0930. The first kappa shape index (κ1) is 14.3. The van der Waals surface area contributed by atoms with E-state index in [-0.39, 0.29) is 11.9 Å². The average molecular weight is 290 g/mol. The molecular weight excluding hydrogens is 274 g/mol. The highest BCUT2D eigenvalue weighted by atomic mass is 35.5. The summed E-state index contributed by atoms with van der Waals surface area (Å²) in [7, 11) is 0. The highest BCUT2D eigenvalue weighted by Gasteiger charge is 2.15. The van der Waals surface area contributed by atoms with Gasteiger partial charge in [-0.3, -0.25) is 4.79 Å². The molecule has 0 saturated heterocycles. The standard InChI is InChI=1S/C15H16ClN3O/c1-2-13(10-4-3-5-11(16)8-10)19-15(20)14-7-6-12(17)9-18-14/h3-9,13H,2,17H2,1H3,(H,19,20). The van der Waals surface area contributed by atoms with Gasteiger partial charge in [-0.25, -0.2) is 4.98 Å². The number of rotatable bonds is 4. The number of halogens is 1. The van der Waals surface area contributed by atoms with Gasteiger partial charge in [-0.15, -0.1) is 0 Å². The van der Waals surface area contributed by atoms with Gasteiger partial charge in [0.1, 0.15) is 5.69 Å². The van der Waals surface area contributed by atoms with Gasteiger partial charge in [0.2, 0.25) is 0 Å². The quantitative estimate of drug-likeness (QED) is 0.908. The van der Waals surface area contributed by atoms with Crippen molar-refractivity contribution in [3.63, 3.8) is 0 Å². The molecule has 0 fully saturated rings. The van der Waals surface area contributed by atoms with Gasteiger partial charge in [0.25, 0.3) is 5.91 Å². The van der Waals surface area contributed by atoms with Gasteiger partial charge in [0.05, 0.1) is 17.9 Å². The minimum absolute atomic E-state index is 0.0967. The summed E-state index contributed by atoms with van der Waals surface area (Å²) in [6.45, 7) is 2.00. The topological polar surface area (TPSA) is 68.0 Å². The summed E-state index contributed by atoms with van der Waals surface area (Å²) in [5, 5.41) is 3.60. The molecule has 2 rings (SSSR count). The second-order valence-electron chi connectivity index (χ2n) is 4.47. The summed E-state index contributed by atoms with van der Waals surface area (Å²) < 4.78 is 0. The fourth-order valence-corrected chi connectivity index (χ4v) is 2.11. The molecule has 0 spiro atoms. The largest absolute Gasteiger partial charge is 0.397 e. The van der Waals surface area contributed by atoms with Gasteiger partial charge in [0, 0.05) is 5.02 Å². The van der Waals surface area contributed by atoms with Gasteiger partial charge >= 0.3 is 0 Å². The van der Waals surface area contributed by atoms with E-state index in [4.69, 9.17) is 17.3 Å². The summed E-state index contributed by atoms with van der Waals surface area (Å²) in [5.41, 5.74) is 7.41. The van der Waals surface area contributed by atoms with Gasteiger partial charge in [-0.2, -0.15) is 0 Å². The number of carbonyl (C=O) groups is 1. The minimum Gasteiger partial charge on any atom is -0.397 e. The van der Waals surface area contributed by atoms with Gasteiger partial charge < -0.3 is 11.1 Å². The zero-order chi connectivity index (χ0) is 14.5. The van der Waals surface area contributed by atoms with Crippen LogP contribution in [0.3, 0.4) is 0 Å². The zero-order valence-electron chi connectivity index (χ0n) is 11.1. The molecule has 104 valence electrons. The predicted molar refractivity (Wildman–Crippen MR) is 80.6 cm³/mol. The molecule has 0 aliphatic heterocycles. The van der Waals surface area contributed by atoms with Crippen molar-refractivity contribution < 1.29 is 4.79 Å². The lowest BCUT2D eigenvalue weighted by Gasteiger charge is -2.17. The molecule has 1 aromatic carbocycles. The highest BCUT2D eigenvalue weighted by molar-refractivity contribution is 6.30. The van der Waals surface area contributed by atoms with Gasteiger partial charge in [-0.05, 0) is 36.2 Å². The van der Waals surface area contributed by atoms with E-state index in [2.05, 4.69) is 10.3 Å². The van der Waals surface area contributed by atoms with E-state index >= 15 is 0 Å². The maximum absolute atomic E-state index is 12.1. The first-order chi connectivity index (χ1) is 9.60. The Morgan fingerprint density at radius 2 is 2.20 bits per heavy atom. The Morgan fingerprint density at radius 1 is 1.40 bits per heavy atom. The number of nitrogens with zero attached hydrogens (tertiary/aromatic N) is 1. The molecule has 2 aromatic rings. The lowest BCUT2D eigenvalue weighted by Crippen LogP contribution is -2.28. The third kappa shape index (κ3) is 3.48. The third-order valence-electron chi connectivity index (χ3n) is 2.98. The normalized spacial score (nSPS) is 11.9. The summed E-state index contributed by atoms with van der Waals surface area (Å²) in [6, 6.07) is 10.6. The summed E-state index contributed by atoms with van der Waals surface area (Å²) in [6.07, 6.45) is 2.23. The Hall–Kier alpha value is -2.07. The van der Waals surface area contributed by atoms with E-state index in [1.807, 2.05) is 25.1 Å². The number of nitrogen functional groups attached to an aromatic ring is 1. The molecule has 5 heteroatoms. The number of hydrogen-bond acceptors (Lipinski definition) is 3. The summed E-state index contributed by atoms with van der Waals surface area (Å²) >= 11 is 5.98. The fraction of sp³-hybridized carbons (Fsp3) is 0.200. The smallest absolute Gasteiger partial charge is 0.270 e. The number of nitrogens with two attached hydrogens (primary N) is 1. The maximum atomic E-state index is 12.1. The Morgan fingerprint density at radius 3 is 2.80 bits per heavy atom. The number of benzene rings is 1. The van der Waals surface area contributed by atoms with E-state index in [1.54, 1.807) is 18.2 Å². The highest BCUT2D eigenvalue weighted by Crippen LogP contribution is 2.20. The number of hydrogen-bond donors (Lipinski definition) is 2. The Bertz CT molecular complexity index is 598. The molecule has 20 heavy (non-hydrogen) atoms. The van der Waals surface area contributed by atoms with E-state index in [0.717, 1.165) is 12.0 Å². The molecule has 0 saturated carbocycles. The van der Waals surface area contributed by atoms with Gasteiger partial charge in [-0.1, -0.05) is 30.7 Å². The molecule has 4 nitrogen and oxygen atoms in total. The van der Waals surface area contributed by atoms with Gasteiger partial charge in [0.15, 0.2) is 0 Å². The average Bonchev–Trinajstić information content (AvgIpc) is 2.45. The molecular formula is C15H16ClN3O. The Labute approximate surface area is 123 Å². The van der Waals surface area contributed by atoms with Crippen LogP contribution in [0.15, 0.2) is 42.6 Å². The van der Waals surface area contributed by atoms with Crippen LogP contribution in [-0.2, 0) is 0 Å². The van der Waals surface area contributed by atoms with Crippen LogP contribution < -0.4 is 11.1 Å². The third-order valence-corrected chi connectivity index (χ3v) is 3.22. The van der Waals surface area contributed by atoms with Crippen molar-refractivity contribution in [2.24, 2.45) is 0 Å². The second kappa shape index (κ2) is 6.39. The van der Waals surface area contributed by atoms with Crippen LogP contribution in [0.2, 0.25) is 5.02 Å². The molecule has 1 atom stereocenters. The van der Waals surface area contributed by atoms with Crippen molar-refractivity contribution >= 4 is 23.2 Å². The SMILES string of the molecule is CCC(NC(=O)c1ccc(N)cn1)c1cccc(Cl)c1. The van der Waals surface area contributed by atoms with Crippen molar-refractivity contribution in [2.45, 2.75) is 19.4 Å². The first-order valence-electron chi connectivity index (χ1n) is 6.38. The number of pyridine rings is 1. The molecule has 1 heterocycles. The number of aromatic nitrogens is 1. The molecule has 0 bridgehead atoms. The van der Waals surface area contributed by atoms with Crippen LogP contribution in [0.4, 0.5) is 5.69 Å². The summed E-state index contributed by atoms with van der Waals surface area (Å²) in [5.74, 6) is -0.225.